The molecule has 0 amide bonds. The van der Waals surface area contributed by atoms with E-state index in [0.717, 1.165) is 16.7 Å². The Bertz CT molecular complexity index is 683. The Balaban J connectivity index is 2.64. The van der Waals surface area contributed by atoms with E-state index in [0.29, 0.717) is 23.7 Å². The zero-order chi connectivity index (χ0) is 16.3. The van der Waals surface area contributed by atoms with Crippen molar-refractivity contribution in [2.75, 3.05) is 21.3 Å². The van der Waals surface area contributed by atoms with Crippen molar-refractivity contribution >= 4 is 0 Å². The summed E-state index contributed by atoms with van der Waals surface area (Å²) in [6.45, 7) is 2.21. The van der Waals surface area contributed by atoms with Crippen LogP contribution in [0.15, 0.2) is 29.2 Å². The summed E-state index contributed by atoms with van der Waals surface area (Å²) in [6, 6.07) is 5.72. The van der Waals surface area contributed by atoms with Crippen molar-refractivity contribution in [2.24, 2.45) is 7.05 Å². The van der Waals surface area contributed by atoms with Crippen molar-refractivity contribution in [3.63, 3.8) is 0 Å². The van der Waals surface area contributed by atoms with Gasteiger partial charge in [-0.2, -0.15) is 0 Å². The average Bonchev–Trinajstić information content (AvgIpc) is 2.52. The van der Waals surface area contributed by atoms with E-state index in [9.17, 15) is 4.79 Å². The quantitative estimate of drug-likeness (QED) is 0.851. The number of methoxy groups -OCH3 is 3. The average molecular weight is 303 g/mol. The van der Waals surface area contributed by atoms with Crippen molar-refractivity contribution in [1.29, 1.82) is 0 Å². The number of aryl methyl sites for hydroxylation is 2. The molecule has 0 saturated heterocycles. The summed E-state index contributed by atoms with van der Waals surface area (Å²) in [5.41, 5.74) is 3.41. The van der Waals surface area contributed by atoms with Gasteiger partial charge in [-0.25, -0.2) is 0 Å². The Morgan fingerprint density at radius 3 is 2.05 bits per heavy atom. The van der Waals surface area contributed by atoms with Gasteiger partial charge in [-0.3, -0.25) is 4.79 Å². The number of nitrogens with zero attached hydrogens (tertiary/aromatic N) is 1. The summed E-state index contributed by atoms with van der Waals surface area (Å²) in [5.74, 6) is 1.39. The van der Waals surface area contributed by atoms with E-state index < -0.39 is 0 Å². The summed E-state index contributed by atoms with van der Waals surface area (Å²) in [4.78, 5) is 11.8. The first kappa shape index (κ1) is 16.1. The molecule has 0 aliphatic heterocycles. The minimum absolute atomic E-state index is 0.00122. The van der Waals surface area contributed by atoms with Gasteiger partial charge in [-0.1, -0.05) is 0 Å². The Kier molecular flexibility index (Phi) is 4.88. The van der Waals surface area contributed by atoms with Gasteiger partial charge in [0.05, 0.1) is 26.4 Å². The Morgan fingerprint density at radius 2 is 1.59 bits per heavy atom. The van der Waals surface area contributed by atoms with E-state index >= 15 is 0 Å². The standard InChI is InChI=1S/C17H21NO4/c1-11-6-13(9-18(2)17(11)19)12-7-15(21-4)14(10-20-3)16(8-12)22-5/h6-9H,10H2,1-5H3. The zero-order valence-electron chi connectivity index (χ0n) is 13.6. The molecule has 0 bridgehead atoms. The zero-order valence-corrected chi connectivity index (χ0v) is 13.6. The number of aromatic nitrogens is 1. The molecule has 0 atom stereocenters. The van der Waals surface area contributed by atoms with Crippen LogP contribution < -0.4 is 15.0 Å². The van der Waals surface area contributed by atoms with Gasteiger partial charge in [0, 0.05) is 25.9 Å². The molecule has 0 unspecified atom stereocenters. The fourth-order valence-corrected chi connectivity index (χ4v) is 2.47. The molecule has 5 nitrogen and oxygen atoms in total. The van der Waals surface area contributed by atoms with Gasteiger partial charge in [0.25, 0.3) is 5.56 Å². The molecule has 0 N–H and O–H groups in total. The van der Waals surface area contributed by atoms with E-state index in [1.54, 1.807) is 46.1 Å². The number of rotatable bonds is 5. The van der Waals surface area contributed by atoms with Crippen LogP contribution >= 0.6 is 0 Å². The molecule has 0 saturated carbocycles. The van der Waals surface area contributed by atoms with Crippen molar-refractivity contribution < 1.29 is 14.2 Å². The van der Waals surface area contributed by atoms with Crippen LogP contribution in [0, 0.1) is 6.92 Å². The van der Waals surface area contributed by atoms with E-state index in [2.05, 4.69) is 0 Å². The van der Waals surface area contributed by atoms with E-state index in [1.165, 1.54) is 0 Å². The fourth-order valence-electron chi connectivity index (χ4n) is 2.47. The molecule has 2 rings (SSSR count). The molecule has 0 radical (unpaired) electrons. The van der Waals surface area contributed by atoms with Crippen LogP contribution in [0.2, 0.25) is 0 Å². The molecule has 1 aromatic carbocycles. The maximum atomic E-state index is 11.8. The largest absolute Gasteiger partial charge is 0.496 e. The molecule has 0 fully saturated rings. The predicted molar refractivity (Wildman–Crippen MR) is 85.7 cm³/mol. The van der Waals surface area contributed by atoms with Crippen LogP contribution in [0.4, 0.5) is 0 Å². The number of pyridine rings is 1. The molecule has 1 heterocycles. The Hall–Kier alpha value is -2.27. The van der Waals surface area contributed by atoms with E-state index in [1.807, 2.05) is 18.2 Å². The highest BCUT2D eigenvalue weighted by atomic mass is 16.5. The van der Waals surface area contributed by atoms with Gasteiger partial charge >= 0.3 is 0 Å². The van der Waals surface area contributed by atoms with Crippen LogP contribution in [0.25, 0.3) is 11.1 Å². The van der Waals surface area contributed by atoms with Gasteiger partial charge in [0.2, 0.25) is 0 Å². The minimum Gasteiger partial charge on any atom is -0.496 e. The fraction of sp³-hybridized carbons (Fsp3) is 0.353. The van der Waals surface area contributed by atoms with Crippen LogP contribution in [-0.4, -0.2) is 25.9 Å². The smallest absolute Gasteiger partial charge is 0.253 e. The second-order valence-corrected chi connectivity index (χ2v) is 5.12. The maximum Gasteiger partial charge on any atom is 0.253 e. The molecular formula is C17H21NO4. The summed E-state index contributed by atoms with van der Waals surface area (Å²) in [7, 11) is 6.60. The number of ether oxygens (including phenoxy) is 3. The van der Waals surface area contributed by atoms with Gasteiger partial charge in [-0.15, -0.1) is 0 Å². The lowest BCUT2D eigenvalue weighted by Gasteiger charge is -2.15. The lowest BCUT2D eigenvalue weighted by Crippen LogP contribution is -2.18. The van der Waals surface area contributed by atoms with Crippen LogP contribution in [0.5, 0.6) is 11.5 Å². The highest BCUT2D eigenvalue weighted by Gasteiger charge is 2.14. The summed E-state index contributed by atoms with van der Waals surface area (Å²) < 4.78 is 17.7. The predicted octanol–water partition coefficient (Wildman–Crippen LogP) is 2.52. The lowest BCUT2D eigenvalue weighted by atomic mass is 10.0. The third-order valence-corrected chi connectivity index (χ3v) is 3.59. The number of hydrogen-bond donors (Lipinski definition) is 0. The number of hydrogen-bond acceptors (Lipinski definition) is 4. The molecular weight excluding hydrogens is 282 g/mol. The molecule has 0 aliphatic carbocycles. The topological polar surface area (TPSA) is 49.7 Å². The maximum absolute atomic E-state index is 11.8. The van der Waals surface area contributed by atoms with Crippen LogP contribution in [-0.2, 0) is 18.4 Å². The highest BCUT2D eigenvalue weighted by Crippen LogP contribution is 2.35. The number of benzene rings is 1. The molecule has 118 valence electrons. The SMILES string of the molecule is COCc1c(OC)cc(-c2cc(C)c(=O)n(C)c2)cc1OC. The third kappa shape index (κ3) is 2.99. The highest BCUT2D eigenvalue weighted by molar-refractivity contribution is 5.69. The normalized spacial score (nSPS) is 10.6. The van der Waals surface area contributed by atoms with Crippen LogP contribution in [0.1, 0.15) is 11.1 Å². The molecule has 0 aliphatic rings. The molecule has 1 aromatic heterocycles. The molecule has 0 spiro atoms. The lowest BCUT2D eigenvalue weighted by molar-refractivity contribution is 0.178. The van der Waals surface area contributed by atoms with Gasteiger partial charge in [0.15, 0.2) is 0 Å². The second-order valence-electron chi connectivity index (χ2n) is 5.12. The summed E-state index contributed by atoms with van der Waals surface area (Å²) in [5, 5.41) is 0. The Morgan fingerprint density at radius 1 is 1.00 bits per heavy atom. The van der Waals surface area contributed by atoms with Gasteiger partial charge in [0.1, 0.15) is 11.5 Å². The molecule has 22 heavy (non-hydrogen) atoms. The van der Waals surface area contributed by atoms with Crippen molar-refractivity contribution in [3.05, 3.63) is 45.9 Å². The summed E-state index contributed by atoms with van der Waals surface area (Å²) in [6.07, 6.45) is 1.81. The van der Waals surface area contributed by atoms with Gasteiger partial charge in [-0.05, 0) is 36.2 Å². The van der Waals surface area contributed by atoms with Crippen LogP contribution in [0.3, 0.4) is 0 Å². The first-order valence-corrected chi connectivity index (χ1v) is 6.93. The Labute approximate surface area is 130 Å². The molecule has 5 heteroatoms. The second kappa shape index (κ2) is 6.66. The van der Waals surface area contributed by atoms with E-state index in [4.69, 9.17) is 14.2 Å². The van der Waals surface area contributed by atoms with Crippen molar-refractivity contribution in [2.45, 2.75) is 13.5 Å². The van der Waals surface area contributed by atoms with Crippen molar-refractivity contribution in [1.82, 2.24) is 4.57 Å². The minimum atomic E-state index is -0.00122. The van der Waals surface area contributed by atoms with E-state index in [-0.39, 0.29) is 5.56 Å². The summed E-state index contributed by atoms with van der Waals surface area (Å²) >= 11 is 0. The van der Waals surface area contributed by atoms with Gasteiger partial charge < -0.3 is 18.8 Å². The first-order chi connectivity index (χ1) is 10.5. The third-order valence-electron chi connectivity index (χ3n) is 3.59. The first-order valence-electron chi connectivity index (χ1n) is 6.93. The van der Waals surface area contributed by atoms with Crippen molar-refractivity contribution in [3.8, 4) is 22.6 Å². The molecule has 2 aromatic rings. The monoisotopic (exact) mass is 303 g/mol.